The van der Waals surface area contributed by atoms with Crippen molar-refractivity contribution in [3.05, 3.63) is 48.5 Å². The van der Waals surface area contributed by atoms with Crippen LogP contribution < -0.4 is 5.32 Å². The predicted molar refractivity (Wildman–Crippen MR) is 110 cm³/mol. The zero-order chi connectivity index (χ0) is 22.2. The van der Waals surface area contributed by atoms with Gasteiger partial charge in [0.15, 0.2) is 23.2 Å². The number of aromatic nitrogens is 4. The van der Waals surface area contributed by atoms with Gasteiger partial charge in [0.25, 0.3) is 5.91 Å². The van der Waals surface area contributed by atoms with Crippen LogP contribution in [0.25, 0.3) is 11.2 Å². The molecule has 2 aromatic heterocycles. The Morgan fingerprint density at radius 1 is 1.19 bits per heavy atom. The third-order valence-electron chi connectivity index (χ3n) is 4.65. The van der Waals surface area contributed by atoms with Gasteiger partial charge in [0.2, 0.25) is 0 Å². The monoisotopic (exact) mass is 467 g/mol. The van der Waals surface area contributed by atoms with Crippen LogP contribution in [0.5, 0.6) is 0 Å². The highest BCUT2D eigenvalue weighted by molar-refractivity contribution is 8.06. The SMILES string of the molecule is O=C(Nc1ncnc2c1ncn2[C@@H]1O[C@H](COP(O)(O)=S)C(O)C1O)c1ccccc1. The third kappa shape index (κ3) is 4.63. The average Bonchev–Trinajstić information content (AvgIpc) is 3.29. The lowest BCUT2D eigenvalue weighted by Crippen LogP contribution is -2.33. The van der Waals surface area contributed by atoms with Crippen LogP contribution in [0.1, 0.15) is 16.6 Å². The summed E-state index contributed by atoms with van der Waals surface area (Å²) in [5.41, 5.74) is 0.922. The zero-order valence-corrected chi connectivity index (χ0v) is 17.4. The molecule has 0 aliphatic carbocycles. The number of anilines is 1. The van der Waals surface area contributed by atoms with Crippen molar-refractivity contribution in [3.63, 3.8) is 0 Å². The first-order chi connectivity index (χ1) is 14.7. The Morgan fingerprint density at radius 2 is 1.94 bits per heavy atom. The fourth-order valence-corrected chi connectivity index (χ4v) is 3.69. The number of imidazole rings is 1. The number of aliphatic hydroxyl groups is 2. The van der Waals surface area contributed by atoms with E-state index in [2.05, 4.69) is 32.1 Å². The molecular formula is C17H18N5O7PS. The minimum atomic E-state index is -3.95. The van der Waals surface area contributed by atoms with E-state index in [0.717, 1.165) is 0 Å². The lowest BCUT2D eigenvalue weighted by Gasteiger charge is -2.17. The van der Waals surface area contributed by atoms with Gasteiger partial charge in [-0.2, -0.15) is 0 Å². The molecule has 3 aromatic rings. The molecule has 0 spiro atoms. The van der Waals surface area contributed by atoms with E-state index in [-0.39, 0.29) is 22.9 Å². The standard InChI is InChI=1S/C17H18N5O7PS/c23-12-10(6-28-30(26,27)31)29-17(13(12)24)22-8-20-11-14(18-7-19-15(11)22)21-16(25)9-4-2-1-3-5-9/h1-5,7-8,10,12-13,17,23-24H,6H2,(H2,26,27,31)(H,18,19,21,25)/t10-,12?,13?,17-/m1/s1. The minimum Gasteiger partial charge on any atom is -0.387 e. The molecule has 0 radical (unpaired) electrons. The Kier molecular flexibility index (Phi) is 6.10. The van der Waals surface area contributed by atoms with Gasteiger partial charge in [0, 0.05) is 5.56 Å². The number of aliphatic hydroxyl groups excluding tert-OH is 2. The highest BCUT2D eigenvalue weighted by Gasteiger charge is 2.45. The first-order valence-electron chi connectivity index (χ1n) is 9.00. The van der Waals surface area contributed by atoms with Gasteiger partial charge in [-0.1, -0.05) is 18.2 Å². The van der Waals surface area contributed by atoms with Crippen LogP contribution in [0.15, 0.2) is 43.0 Å². The number of rotatable bonds is 6. The number of carbonyl (C=O) groups is 1. The van der Waals surface area contributed by atoms with Gasteiger partial charge in [-0.05, 0) is 23.9 Å². The van der Waals surface area contributed by atoms with Crippen molar-refractivity contribution in [1.29, 1.82) is 0 Å². The quantitative estimate of drug-likeness (QED) is 0.307. The number of nitrogens with one attached hydrogen (secondary N) is 1. The summed E-state index contributed by atoms with van der Waals surface area (Å²) < 4.78 is 11.7. The number of amides is 1. The topological polar surface area (TPSA) is 172 Å². The molecule has 12 nitrogen and oxygen atoms in total. The number of ether oxygens (including phenoxy) is 1. The van der Waals surface area contributed by atoms with Crippen molar-refractivity contribution < 1.29 is 34.1 Å². The summed E-state index contributed by atoms with van der Waals surface area (Å²) in [4.78, 5) is 43.3. The summed E-state index contributed by atoms with van der Waals surface area (Å²) in [6, 6.07) is 8.55. The molecule has 14 heteroatoms. The molecule has 0 saturated carbocycles. The summed E-state index contributed by atoms with van der Waals surface area (Å²) in [7, 11) is 0. The maximum Gasteiger partial charge on any atom is 0.321 e. The molecule has 1 fully saturated rings. The first-order valence-corrected chi connectivity index (χ1v) is 11.6. The zero-order valence-electron chi connectivity index (χ0n) is 15.7. The number of benzene rings is 1. The van der Waals surface area contributed by atoms with Gasteiger partial charge in [-0.15, -0.1) is 0 Å². The maximum atomic E-state index is 12.4. The highest BCUT2D eigenvalue weighted by Crippen LogP contribution is 2.39. The van der Waals surface area contributed by atoms with Crippen LogP contribution >= 0.6 is 6.72 Å². The van der Waals surface area contributed by atoms with Gasteiger partial charge in [-0.25, -0.2) is 15.0 Å². The van der Waals surface area contributed by atoms with Crippen molar-refractivity contribution in [1.82, 2.24) is 19.5 Å². The number of hydrogen-bond donors (Lipinski definition) is 5. The van der Waals surface area contributed by atoms with Crippen LogP contribution in [0.4, 0.5) is 5.82 Å². The Morgan fingerprint density at radius 3 is 2.65 bits per heavy atom. The number of fused-ring (bicyclic) bond motifs is 1. The van der Waals surface area contributed by atoms with Gasteiger partial charge in [0.1, 0.15) is 24.6 Å². The van der Waals surface area contributed by atoms with Crippen LogP contribution in [-0.4, -0.2) is 70.3 Å². The van der Waals surface area contributed by atoms with E-state index in [1.165, 1.54) is 17.2 Å². The average molecular weight is 467 g/mol. The van der Waals surface area contributed by atoms with Crippen LogP contribution in [0.3, 0.4) is 0 Å². The second kappa shape index (κ2) is 8.65. The van der Waals surface area contributed by atoms with E-state index in [4.69, 9.17) is 9.26 Å². The molecule has 1 saturated heterocycles. The number of hydrogen-bond acceptors (Lipinski definition) is 9. The Labute approximate surface area is 180 Å². The Hall–Kier alpha value is -2.35. The molecule has 1 aliphatic rings. The molecule has 1 aliphatic heterocycles. The van der Waals surface area contributed by atoms with Crippen molar-refractivity contribution in [2.75, 3.05) is 11.9 Å². The number of nitrogens with zero attached hydrogens (tertiary/aromatic N) is 4. The molecule has 4 atom stereocenters. The van der Waals surface area contributed by atoms with E-state index in [0.29, 0.717) is 5.56 Å². The van der Waals surface area contributed by atoms with E-state index in [9.17, 15) is 24.8 Å². The van der Waals surface area contributed by atoms with Gasteiger partial charge < -0.3 is 34.6 Å². The summed E-state index contributed by atoms with van der Waals surface area (Å²) in [6.45, 7) is -4.38. The van der Waals surface area contributed by atoms with Gasteiger partial charge in [-0.3, -0.25) is 9.36 Å². The molecule has 5 N–H and O–H groups in total. The highest BCUT2D eigenvalue weighted by atomic mass is 32.5. The van der Waals surface area contributed by atoms with Crippen LogP contribution in [0, 0.1) is 0 Å². The molecule has 0 bridgehead atoms. The molecule has 1 aromatic carbocycles. The van der Waals surface area contributed by atoms with Crippen LogP contribution in [-0.2, 0) is 21.1 Å². The molecule has 2 unspecified atom stereocenters. The van der Waals surface area contributed by atoms with Crippen molar-refractivity contribution in [3.8, 4) is 0 Å². The van der Waals surface area contributed by atoms with Gasteiger partial charge >= 0.3 is 6.72 Å². The van der Waals surface area contributed by atoms with E-state index >= 15 is 0 Å². The fraction of sp³-hybridized carbons (Fsp3) is 0.294. The molecule has 3 heterocycles. The lowest BCUT2D eigenvalue weighted by molar-refractivity contribution is -0.0487. The predicted octanol–water partition coefficient (Wildman–Crippen LogP) is -0.0765. The summed E-state index contributed by atoms with van der Waals surface area (Å²) >= 11 is 4.38. The summed E-state index contributed by atoms with van der Waals surface area (Å²) in [5.74, 6) is -0.226. The second-order valence-corrected chi connectivity index (χ2v) is 9.37. The van der Waals surface area contributed by atoms with Crippen LogP contribution in [0.2, 0.25) is 0 Å². The largest absolute Gasteiger partial charge is 0.387 e. The van der Waals surface area contributed by atoms with Crippen molar-refractivity contribution in [2.24, 2.45) is 0 Å². The maximum absolute atomic E-state index is 12.4. The normalized spacial score (nSPS) is 23.9. The molecule has 1 amide bonds. The third-order valence-corrected chi connectivity index (χ3v) is 5.45. The number of carbonyl (C=O) groups excluding carboxylic acids is 1. The van der Waals surface area contributed by atoms with E-state index < -0.39 is 37.9 Å². The Balaban J connectivity index is 1.58. The molecule has 4 rings (SSSR count). The second-order valence-electron chi connectivity index (χ2n) is 6.70. The summed E-state index contributed by atoms with van der Waals surface area (Å²) in [6.07, 6.45) is -2.41. The van der Waals surface area contributed by atoms with E-state index in [1.54, 1.807) is 30.3 Å². The van der Waals surface area contributed by atoms with E-state index in [1.807, 2.05) is 0 Å². The van der Waals surface area contributed by atoms with Crippen molar-refractivity contribution in [2.45, 2.75) is 24.5 Å². The van der Waals surface area contributed by atoms with Crippen molar-refractivity contribution >= 4 is 41.4 Å². The first kappa shape index (κ1) is 21.9. The Bertz CT molecular complexity index is 1140. The fourth-order valence-electron chi connectivity index (χ4n) is 3.17. The minimum absolute atomic E-state index is 0.159. The van der Waals surface area contributed by atoms with Gasteiger partial charge in [0.05, 0.1) is 12.9 Å². The smallest absolute Gasteiger partial charge is 0.321 e. The summed E-state index contributed by atoms with van der Waals surface area (Å²) in [5, 5.41) is 23.3. The molecular weight excluding hydrogens is 449 g/mol. The molecule has 31 heavy (non-hydrogen) atoms. The lowest BCUT2D eigenvalue weighted by atomic mass is 10.1. The molecule has 164 valence electrons.